The van der Waals surface area contributed by atoms with Gasteiger partial charge in [-0.05, 0) is 44.5 Å². The van der Waals surface area contributed by atoms with E-state index in [9.17, 15) is 17.6 Å². The monoisotopic (exact) mass is 249 g/mol. The van der Waals surface area contributed by atoms with Crippen molar-refractivity contribution < 1.29 is 17.6 Å². The van der Waals surface area contributed by atoms with Gasteiger partial charge in [-0.1, -0.05) is 6.07 Å². The Morgan fingerprint density at radius 3 is 2.47 bits per heavy atom. The number of aryl methyl sites for hydroxylation is 1. The van der Waals surface area contributed by atoms with Gasteiger partial charge < -0.3 is 5.32 Å². The fourth-order valence-electron chi connectivity index (χ4n) is 1.47. The van der Waals surface area contributed by atoms with Crippen LogP contribution in [-0.4, -0.2) is 13.1 Å². The molecule has 0 amide bonds. The van der Waals surface area contributed by atoms with E-state index in [0.29, 0.717) is 18.4 Å². The van der Waals surface area contributed by atoms with Gasteiger partial charge in [0.2, 0.25) is 0 Å². The Morgan fingerprint density at radius 1 is 1.29 bits per heavy atom. The highest BCUT2D eigenvalue weighted by Gasteiger charge is 2.34. The minimum atomic E-state index is -4.63. The van der Waals surface area contributed by atoms with Crippen LogP contribution in [0.25, 0.3) is 0 Å². The van der Waals surface area contributed by atoms with Gasteiger partial charge in [0.25, 0.3) is 0 Å². The van der Waals surface area contributed by atoms with E-state index in [1.165, 1.54) is 6.07 Å². The Hall–Kier alpha value is -1.10. The zero-order valence-corrected chi connectivity index (χ0v) is 9.74. The number of alkyl halides is 3. The van der Waals surface area contributed by atoms with Gasteiger partial charge in [-0.3, -0.25) is 0 Å². The summed E-state index contributed by atoms with van der Waals surface area (Å²) >= 11 is 0. The lowest BCUT2D eigenvalue weighted by Crippen LogP contribution is -2.21. The Morgan fingerprint density at radius 2 is 1.94 bits per heavy atom. The zero-order chi connectivity index (χ0) is 13.1. The number of nitrogens with one attached hydrogen (secondary N) is 1. The summed E-state index contributed by atoms with van der Waals surface area (Å²) in [6.07, 6.45) is -3.43. The third-order valence-corrected chi connectivity index (χ3v) is 2.69. The van der Waals surface area contributed by atoms with Crippen LogP contribution in [0.4, 0.5) is 17.6 Å². The first kappa shape index (κ1) is 14.0. The van der Waals surface area contributed by atoms with Gasteiger partial charge in [0.1, 0.15) is 5.82 Å². The molecule has 0 heterocycles. The first-order chi connectivity index (χ1) is 7.84. The molecule has 1 atom stereocenters. The molecule has 17 heavy (non-hydrogen) atoms. The minimum absolute atomic E-state index is 0.217. The number of hydrogen-bond donors (Lipinski definition) is 1. The lowest BCUT2D eigenvalue weighted by molar-refractivity contribution is -0.140. The second-order valence-corrected chi connectivity index (χ2v) is 4.04. The molecule has 0 spiro atoms. The molecule has 0 radical (unpaired) electrons. The molecule has 0 bridgehead atoms. The van der Waals surface area contributed by atoms with Gasteiger partial charge in [0, 0.05) is 6.04 Å². The molecule has 0 aliphatic heterocycles. The highest BCUT2D eigenvalue weighted by molar-refractivity contribution is 5.27. The summed E-state index contributed by atoms with van der Waals surface area (Å²) < 4.78 is 50.3. The van der Waals surface area contributed by atoms with E-state index in [1.807, 2.05) is 6.92 Å². The van der Waals surface area contributed by atoms with Crippen molar-refractivity contribution in [2.45, 2.75) is 32.0 Å². The predicted molar refractivity (Wildman–Crippen MR) is 58.2 cm³/mol. The van der Waals surface area contributed by atoms with Gasteiger partial charge >= 0.3 is 6.18 Å². The molecular weight excluding hydrogens is 234 g/mol. The summed E-state index contributed by atoms with van der Waals surface area (Å²) in [4.78, 5) is 0. The molecule has 1 aromatic rings. The molecule has 1 aromatic carbocycles. The van der Waals surface area contributed by atoms with E-state index in [1.54, 1.807) is 7.05 Å². The average Bonchev–Trinajstić information content (AvgIpc) is 2.26. The van der Waals surface area contributed by atoms with Crippen molar-refractivity contribution in [1.82, 2.24) is 5.32 Å². The van der Waals surface area contributed by atoms with Crippen molar-refractivity contribution in [1.29, 1.82) is 0 Å². The summed E-state index contributed by atoms with van der Waals surface area (Å²) in [6, 6.07) is 3.38. The van der Waals surface area contributed by atoms with E-state index in [0.717, 1.165) is 12.1 Å². The van der Waals surface area contributed by atoms with E-state index in [-0.39, 0.29) is 6.04 Å². The topological polar surface area (TPSA) is 12.0 Å². The van der Waals surface area contributed by atoms with Crippen LogP contribution >= 0.6 is 0 Å². The van der Waals surface area contributed by atoms with Gasteiger partial charge in [-0.25, -0.2) is 4.39 Å². The maximum atomic E-state index is 13.0. The number of hydrogen-bond acceptors (Lipinski definition) is 1. The highest BCUT2D eigenvalue weighted by Crippen LogP contribution is 2.32. The summed E-state index contributed by atoms with van der Waals surface area (Å²) in [5, 5.41) is 3.00. The minimum Gasteiger partial charge on any atom is -0.317 e. The van der Waals surface area contributed by atoms with Crippen LogP contribution in [0.2, 0.25) is 0 Å². The van der Waals surface area contributed by atoms with Crippen LogP contribution in [0.5, 0.6) is 0 Å². The fourth-order valence-corrected chi connectivity index (χ4v) is 1.47. The molecule has 0 saturated heterocycles. The summed E-state index contributed by atoms with van der Waals surface area (Å²) in [5.74, 6) is -1.22. The van der Waals surface area contributed by atoms with Crippen LogP contribution in [0.3, 0.4) is 0 Å². The summed E-state index contributed by atoms with van der Waals surface area (Å²) in [6.45, 7) is 1.94. The van der Waals surface area contributed by atoms with Crippen molar-refractivity contribution in [3.8, 4) is 0 Å². The second kappa shape index (κ2) is 5.49. The van der Waals surface area contributed by atoms with Crippen LogP contribution in [-0.2, 0) is 12.6 Å². The molecule has 0 aromatic heterocycles. The number of halogens is 4. The number of rotatable bonds is 4. The van der Waals surface area contributed by atoms with Crippen LogP contribution in [0.15, 0.2) is 18.2 Å². The van der Waals surface area contributed by atoms with Crippen LogP contribution in [0, 0.1) is 5.82 Å². The standard InChI is InChI=1S/C12H15F4N/c1-8(17-2)3-4-9-5-6-11(13)10(7-9)12(14,15)16/h5-8,17H,3-4H2,1-2H3. The summed E-state index contributed by atoms with van der Waals surface area (Å²) in [7, 11) is 1.79. The molecule has 1 rings (SSSR count). The van der Waals surface area contributed by atoms with Crippen molar-refractivity contribution in [3.63, 3.8) is 0 Å². The predicted octanol–water partition coefficient (Wildman–Crippen LogP) is 3.39. The van der Waals surface area contributed by atoms with Gasteiger partial charge in [0.05, 0.1) is 5.56 Å². The van der Waals surface area contributed by atoms with E-state index in [2.05, 4.69) is 5.32 Å². The first-order valence-corrected chi connectivity index (χ1v) is 5.37. The Bertz CT molecular complexity index is 373. The highest BCUT2D eigenvalue weighted by atomic mass is 19.4. The second-order valence-electron chi connectivity index (χ2n) is 4.04. The molecular formula is C12H15F4N. The molecule has 1 N–H and O–H groups in total. The van der Waals surface area contributed by atoms with Crippen molar-refractivity contribution in [2.75, 3.05) is 7.05 Å². The third kappa shape index (κ3) is 4.00. The maximum absolute atomic E-state index is 13.0. The third-order valence-electron chi connectivity index (χ3n) is 2.69. The molecule has 0 aliphatic carbocycles. The maximum Gasteiger partial charge on any atom is 0.419 e. The molecule has 0 saturated carbocycles. The average molecular weight is 249 g/mol. The normalized spacial score (nSPS) is 13.8. The lowest BCUT2D eigenvalue weighted by Gasteiger charge is -2.12. The van der Waals surface area contributed by atoms with Crippen molar-refractivity contribution in [3.05, 3.63) is 35.1 Å². The molecule has 1 nitrogen and oxygen atoms in total. The van der Waals surface area contributed by atoms with E-state index >= 15 is 0 Å². The lowest BCUT2D eigenvalue weighted by atomic mass is 10.0. The van der Waals surface area contributed by atoms with Crippen LogP contribution < -0.4 is 5.32 Å². The number of benzene rings is 1. The molecule has 0 fully saturated rings. The Labute approximate surface area is 97.8 Å². The quantitative estimate of drug-likeness (QED) is 0.806. The van der Waals surface area contributed by atoms with Gasteiger partial charge in [-0.2, -0.15) is 13.2 Å². The SMILES string of the molecule is CNC(C)CCc1ccc(F)c(C(F)(F)F)c1. The Balaban J connectivity index is 2.82. The molecule has 0 aliphatic rings. The molecule has 5 heteroatoms. The van der Waals surface area contributed by atoms with Gasteiger partial charge in [-0.15, -0.1) is 0 Å². The van der Waals surface area contributed by atoms with Crippen molar-refractivity contribution >= 4 is 0 Å². The zero-order valence-electron chi connectivity index (χ0n) is 9.74. The van der Waals surface area contributed by atoms with E-state index in [4.69, 9.17) is 0 Å². The largest absolute Gasteiger partial charge is 0.419 e. The summed E-state index contributed by atoms with van der Waals surface area (Å²) in [5.41, 5.74) is -0.687. The fraction of sp³-hybridized carbons (Fsp3) is 0.500. The van der Waals surface area contributed by atoms with Crippen molar-refractivity contribution in [2.24, 2.45) is 0 Å². The smallest absolute Gasteiger partial charge is 0.317 e. The van der Waals surface area contributed by atoms with E-state index < -0.39 is 17.6 Å². The molecule has 1 unspecified atom stereocenters. The Kier molecular flexibility index (Phi) is 4.51. The van der Waals surface area contributed by atoms with Gasteiger partial charge in [0.15, 0.2) is 0 Å². The first-order valence-electron chi connectivity index (χ1n) is 5.37. The molecule has 96 valence electrons. The van der Waals surface area contributed by atoms with Crippen LogP contribution in [0.1, 0.15) is 24.5 Å².